The van der Waals surface area contributed by atoms with E-state index in [2.05, 4.69) is 30.4 Å². The minimum Gasteiger partial charge on any atom is -0.353 e. The summed E-state index contributed by atoms with van der Waals surface area (Å²) in [6.07, 6.45) is 2.03. The van der Waals surface area contributed by atoms with Crippen molar-refractivity contribution >= 4 is 40.7 Å². The van der Waals surface area contributed by atoms with Crippen molar-refractivity contribution in [3.8, 4) is 6.07 Å². The van der Waals surface area contributed by atoms with Gasteiger partial charge < -0.3 is 5.32 Å². The highest BCUT2D eigenvalue weighted by Crippen LogP contribution is 2.60. The molecule has 3 aromatic rings. The number of carbonyl (C=O) groups is 1. The SMILES string of the molecule is C[C@H]1NC(=O)C2(Cc3ccccc3C#N)CC[C@@H](c3ccc(Cl)cc3Cl)[C@H](c3ccc(Cl)cc3)[C@H]12. The van der Waals surface area contributed by atoms with Gasteiger partial charge in [-0.1, -0.05) is 71.2 Å². The Morgan fingerprint density at radius 1 is 1.03 bits per heavy atom. The summed E-state index contributed by atoms with van der Waals surface area (Å²) >= 11 is 19.2. The summed E-state index contributed by atoms with van der Waals surface area (Å²) < 4.78 is 0. The van der Waals surface area contributed by atoms with Gasteiger partial charge in [-0.2, -0.15) is 5.26 Å². The summed E-state index contributed by atoms with van der Waals surface area (Å²) in [7, 11) is 0. The zero-order valence-corrected chi connectivity index (χ0v) is 21.5. The van der Waals surface area contributed by atoms with E-state index in [4.69, 9.17) is 34.8 Å². The number of nitrogens with zero attached hydrogens (tertiary/aromatic N) is 1. The van der Waals surface area contributed by atoms with Crippen LogP contribution in [0.2, 0.25) is 15.1 Å². The molecule has 178 valence electrons. The van der Waals surface area contributed by atoms with Crippen LogP contribution in [0.5, 0.6) is 0 Å². The van der Waals surface area contributed by atoms with Crippen molar-refractivity contribution in [2.75, 3.05) is 0 Å². The minimum atomic E-state index is -0.619. The van der Waals surface area contributed by atoms with Gasteiger partial charge in [0.05, 0.1) is 17.0 Å². The fourth-order valence-electron chi connectivity index (χ4n) is 6.53. The Hall–Kier alpha value is -2.51. The van der Waals surface area contributed by atoms with Gasteiger partial charge in [0.25, 0.3) is 0 Å². The summed E-state index contributed by atoms with van der Waals surface area (Å²) in [5.41, 5.74) is 3.11. The van der Waals surface area contributed by atoms with Crippen LogP contribution >= 0.6 is 34.8 Å². The Morgan fingerprint density at radius 3 is 2.46 bits per heavy atom. The summed E-state index contributed by atoms with van der Waals surface area (Å²) in [5.74, 6) is 0.221. The highest BCUT2D eigenvalue weighted by Gasteiger charge is 2.60. The van der Waals surface area contributed by atoms with Crippen molar-refractivity contribution in [3.05, 3.63) is 104 Å². The van der Waals surface area contributed by atoms with E-state index in [0.29, 0.717) is 33.5 Å². The zero-order valence-electron chi connectivity index (χ0n) is 19.3. The third kappa shape index (κ3) is 4.23. The van der Waals surface area contributed by atoms with E-state index in [1.54, 1.807) is 6.07 Å². The van der Waals surface area contributed by atoms with Gasteiger partial charge in [0.15, 0.2) is 0 Å². The average Bonchev–Trinajstić information content (AvgIpc) is 3.09. The van der Waals surface area contributed by atoms with Crippen LogP contribution in [-0.2, 0) is 11.2 Å². The number of fused-ring (bicyclic) bond motifs is 1. The molecule has 2 aliphatic rings. The maximum atomic E-state index is 13.7. The number of carbonyl (C=O) groups excluding carboxylic acids is 1. The van der Waals surface area contributed by atoms with Crippen LogP contribution in [0.25, 0.3) is 0 Å². The summed E-state index contributed by atoms with van der Waals surface area (Å²) in [6, 6.07) is 23.5. The van der Waals surface area contributed by atoms with E-state index < -0.39 is 5.41 Å². The van der Waals surface area contributed by atoms with E-state index in [1.807, 2.05) is 48.5 Å². The molecule has 3 aromatic carbocycles. The predicted octanol–water partition coefficient (Wildman–Crippen LogP) is 7.54. The van der Waals surface area contributed by atoms with Crippen molar-refractivity contribution < 1.29 is 4.79 Å². The molecule has 1 saturated heterocycles. The number of hydrogen-bond acceptors (Lipinski definition) is 2. The Kier molecular flexibility index (Phi) is 6.57. The number of benzene rings is 3. The quantitative estimate of drug-likeness (QED) is 0.384. The largest absolute Gasteiger partial charge is 0.353 e. The molecule has 5 atom stereocenters. The number of nitrogens with one attached hydrogen (secondary N) is 1. The van der Waals surface area contributed by atoms with Gasteiger partial charge in [0, 0.05) is 27.0 Å². The van der Waals surface area contributed by atoms with Crippen LogP contribution in [0.4, 0.5) is 0 Å². The molecule has 0 bridgehead atoms. The van der Waals surface area contributed by atoms with Crippen molar-refractivity contribution in [1.82, 2.24) is 5.32 Å². The Bertz CT molecular complexity index is 1320. The fraction of sp³-hybridized carbons (Fsp3) is 0.310. The topological polar surface area (TPSA) is 52.9 Å². The molecule has 0 radical (unpaired) electrons. The second kappa shape index (κ2) is 9.51. The highest BCUT2D eigenvalue weighted by molar-refractivity contribution is 6.35. The number of halogens is 3. The van der Waals surface area contributed by atoms with Crippen LogP contribution in [0.3, 0.4) is 0 Å². The van der Waals surface area contributed by atoms with Gasteiger partial charge in [-0.05, 0) is 85.0 Å². The molecule has 1 saturated carbocycles. The second-order valence-electron chi connectivity index (χ2n) is 9.78. The molecule has 1 unspecified atom stereocenters. The van der Waals surface area contributed by atoms with Crippen molar-refractivity contribution in [1.29, 1.82) is 5.26 Å². The molecule has 0 spiro atoms. The highest BCUT2D eigenvalue weighted by atomic mass is 35.5. The van der Waals surface area contributed by atoms with Crippen LogP contribution in [0.1, 0.15) is 53.9 Å². The summed E-state index contributed by atoms with van der Waals surface area (Å²) in [4.78, 5) is 13.7. The van der Waals surface area contributed by atoms with Gasteiger partial charge in [0.1, 0.15) is 0 Å². The molecule has 0 aromatic heterocycles. The number of hydrogen-bond donors (Lipinski definition) is 1. The maximum absolute atomic E-state index is 13.7. The average molecular weight is 524 g/mol. The van der Waals surface area contributed by atoms with Crippen molar-refractivity contribution in [2.45, 2.75) is 44.1 Å². The van der Waals surface area contributed by atoms with Gasteiger partial charge >= 0.3 is 0 Å². The summed E-state index contributed by atoms with van der Waals surface area (Å²) in [5, 5.41) is 14.9. The molecule has 3 nitrogen and oxygen atoms in total. The molecule has 2 fully saturated rings. The fourth-order valence-corrected chi connectivity index (χ4v) is 7.21. The van der Waals surface area contributed by atoms with Crippen LogP contribution in [-0.4, -0.2) is 11.9 Å². The number of nitriles is 1. The molecular weight excluding hydrogens is 499 g/mol. The maximum Gasteiger partial charge on any atom is 0.227 e. The van der Waals surface area contributed by atoms with Crippen molar-refractivity contribution in [3.63, 3.8) is 0 Å². The monoisotopic (exact) mass is 522 g/mol. The smallest absolute Gasteiger partial charge is 0.227 e. The van der Waals surface area contributed by atoms with E-state index in [1.165, 1.54) is 0 Å². The molecule has 1 N–H and O–H groups in total. The van der Waals surface area contributed by atoms with Gasteiger partial charge in [-0.25, -0.2) is 0 Å². The zero-order chi connectivity index (χ0) is 24.7. The second-order valence-corrected chi connectivity index (χ2v) is 11.1. The first kappa shape index (κ1) is 24.2. The van der Waals surface area contributed by atoms with Gasteiger partial charge in [-0.15, -0.1) is 0 Å². The Balaban J connectivity index is 1.66. The Morgan fingerprint density at radius 2 is 1.74 bits per heavy atom. The molecule has 1 aliphatic heterocycles. The lowest BCUT2D eigenvalue weighted by Gasteiger charge is -2.48. The van der Waals surface area contributed by atoms with Crippen LogP contribution < -0.4 is 5.32 Å². The van der Waals surface area contributed by atoms with Crippen LogP contribution in [0, 0.1) is 22.7 Å². The molecule has 35 heavy (non-hydrogen) atoms. The first-order chi connectivity index (χ1) is 16.8. The molecule has 1 aliphatic carbocycles. The van der Waals surface area contributed by atoms with E-state index in [0.717, 1.165) is 23.1 Å². The number of rotatable bonds is 4. The van der Waals surface area contributed by atoms with E-state index in [-0.39, 0.29) is 29.7 Å². The van der Waals surface area contributed by atoms with Crippen molar-refractivity contribution in [2.24, 2.45) is 11.3 Å². The third-order valence-electron chi connectivity index (χ3n) is 7.97. The number of amides is 1. The minimum absolute atomic E-state index is 0.00780. The predicted molar refractivity (Wildman–Crippen MR) is 141 cm³/mol. The van der Waals surface area contributed by atoms with E-state index >= 15 is 0 Å². The molecule has 5 rings (SSSR count). The van der Waals surface area contributed by atoms with Gasteiger partial charge in [0.2, 0.25) is 5.91 Å². The van der Waals surface area contributed by atoms with E-state index in [9.17, 15) is 10.1 Å². The molecule has 1 heterocycles. The molecule has 6 heteroatoms. The first-order valence-corrected chi connectivity index (χ1v) is 13.0. The normalized spacial score (nSPS) is 27.7. The molecular formula is C29H25Cl3N2O. The Labute approximate surface area is 221 Å². The standard InChI is InChI=1S/C29H25Cl3N2O/c1-17-27-26(18-6-8-21(30)9-7-18)24(23-11-10-22(31)14-25(23)32)12-13-29(27,28(35)34-17)15-19-4-2-3-5-20(19)16-33/h2-11,14,17,24,26-27H,12-13,15H2,1H3,(H,34,35)/t17-,24+,26+,27+,29?/m1/s1. The van der Waals surface area contributed by atoms with Gasteiger partial charge in [-0.3, -0.25) is 4.79 Å². The van der Waals surface area contributed by atoms with Crippen LogP contribution in [0.15, 0.2) is 66.7 Å². The lowest BCUT2D eigenvalue weighted by Crippen LogP contribution is -2.45. The summed E-state index contributed by atoms with van der Waals surface area (Å²) in [6.45, 7) is 2.09. The molecule has 1 amide bonds. The third-order valence-corrected chi connectivity index (χ3v) is 8.78. The lowest BCUT2D eigenvalue weighted by atomic mass is 9.53. The lowest BCUT2D eigenvalue weighted by molar-refractivity contribution is -0.131. The first-order valence-electron chi connectivity index (χ1n) is 11.8.